The minimum absolute atomic E-state index is 0.110. The molecule has 0 aliphatic heterocycles. The lowest BCUT2D eigenvalue weighted by Crippen LogP contribution is -2.18. The molecule has 3 nitrogen and oxygen atoms in total. The minimum Gasteiger partial charge on any atom is -0.358 e. The van der Waals surface area contributed by atoms with E-state index in [1.165, 1.54) is 32.6 Å². The zero-order chi connectivity index (χ0) is 16.5. The molecule has 0 bridgehead atoms. The third-order valence-electron chi connectivity index (χ3n) is 4.32. The van der Waals surface area contributed by atoms with Gasteiger partial charge >= 0.3 is 0 Å². The molecule has 4 rings (SSSR count). The van der Waals surface area contributed by atoms with Gasteiger partial charge in [-0.1, -0.05) is 24.3 Å². The summed E-state index contributed by atoms with van der Waals surface area (Å²) in [5, 5.41) is 7.10. The molecular formula is C20H20N3S+. The maximum absolute atomic E-state index is 3.69. The summed E-state index contributed by atoms with van der Waals surface area (Å²) in [5.74, 6) is 1.03. The summed E-state index contributed by atoms with van der Waals surface area (Å²) in [5.41, 5.74) is 4.93. The van der Waals surface area contributed by atoms with E-state index in [1.807, 2.05) is 6.20 Å². The molecule has 0 spiro atoms. The number of para-hydroxylation sites is 1. The SMILES string of the molecule is Cc1cc[nH+]c(NC(c2cccs2)c2c(C)[nH]c3ccccc23)c1. The molecule has 4 heteroatoms. The fourth-order valence-corrected chi connectivity index (χ4v) is 4.01. The largest absolute Gasteiger partial charge is 0.358 e. The predicted octanol–water partition coefficient (Wildman–Crippen LogP) is 4.86. The second-order valence-electron chi connectivity index (χ2n) is 6.08. The highest BCUT2D eigenvalue weighted by Gasteiger charge is 2.25. The van der Waals surface area contributed by atoms with E-state index >= 15 is 0 Å². The second-order valence-corrected chi connectivity index (χ2v) is 7.06. The van der Waals surface area contributed by atoms with Gasteiger partial charge < -0.3 is 4.98 Å². The van der Waals surface area contributed by atoms with Crippen molar-refractivity contribution in [1.29, 1.82) is 0 Å². The van der Waals surface area contributed by atoms with Crippen molar-refractivity contribution >= 4 is 28.1 Å². The fourth-order valence-electron chi connectivity index (χ4n) is 3.23. The van der Waals surface area contributed by atoms with Gasteiger partial charge in [-0.2, -0.15) is 0 Å². The van der Waals surface area contributed by atoms with Gasteiger partial charge in [0, 0.05) is 28.2 Å². The van der Waals surface area contributed by atoms with Crippen LogP contribution in [0.25, 0.3) is 10.9 Å². The summed E-state index contributed by atoms with van der Waals surface area (Å²) in [6, 6.07) is 17.1. The first-order chi connectivity index (χ1) is 11.7. The molecule has 1 unspecified atom stereocenters. The number of H-pyrrole nitrogens is 2. The number of nitrogens with one attached hydrogen (secondary N) is 3. The van der Waals surface area contributed by atoms with Gasteiger partial charge in [0.2, 0.25) is 0 Å². The number of anilines is 1. The predicted molar refractivity (Wildman–Crippen MR) is 101 cm³/mol. The van der Waals surface area contributed by atoms with Crippen molar-refractivity contribution in [2.45, 2.75) is 19.9 Å². The summed E-state index contributed by atoms with van der Waals surface area (Å²) in [7, 11) is 0. The van der Waals surface area contributed by atoms with Crippen molar-refractivity contribution in [2.75, 3.05) is 5.32 Å². The summed E-state index contributed by atoms with van der Waals surface area (Å²) in [6.45, 7) is 4.26. The van der Waals surface area contributed by atoms with Gasteiger partial charge in [0.1, 0.15) is 0 Å². The third kappa shape index (κ3) is 2.69. The van der Waals surface area contributed by atoms with Gasteiger partial charge in [-0.15, -0.1) is 11.3 Å². The second kappa shape index (κ2) is 6.13. The van der Waals surface area contributed by atoms with Crippen LogP contribution in [0.2, 0.25) is 0 Å². The molecule has 0 saturated heterocycles. The molecule has 120 valence electrons. The summed E-state index contributed by atoms with van der Waals surface area (Å²) >= 11 is 1.78. The standard InChI is InChI=1S/C20H19N3S/c1-13-9-10-21-18(12-13)23-20(17-8-5-11-24-17)19-14(2)22-16-7-4-3-6-15(16)19/h3-12,20,22H,1-2H3,(H,21,23)/p+1. The Morgan fingerprint density at radius 1 is 1.08 bits per heavy atom. The topological polar surface area (TPSA) is 42.0 Å². The van der Waals surface area contributed by atoms with Gasteiger partial charge in [-0.3, -0.25) is 5.32 Å². The fraction of sp³-hybridized carbons (Fsp3) is 0.150. The Bertz CT molecular complexity index is 970. The summed E-state index contributed by atoms with van der Waals surface area (Å²) in [4.78, 5) is 8.14. The van der Waals surface area contributed by atoms with E-state index in [-0.39, 0.29) is 6.04 Å². The number of aromatic nitrogens is 2. The number of hydrogen-bond donors (Lipinski definition) is 2. The van der Waals surface area contributed by atoms with Gasteiger partial charge in [0.05, 0.1) is 11.1 Å². The first-order valence-corrected chi connectivity index (χ1v) is 8.96. The lowest BCUT2D eigenvalue weighted by Gasteiger charge is -2.14. The van der Waals surface area contributed by atoms with Crippen molar-refractivity contribution in [1.82, 2.24) is 4.98 Å². The van der Waals surface area contributed by atoms with Crippen LogP contribution in [0.4, 0.5) is 5.82 Å². The van der Waals surface area contributed by atoms with Crippen LogP contribution in [0.1, 0.15) is 27.7 Å². The van der Waals surface area contributed by atoms with Gasteiger partial charge in [-0.25, -0.2) is 4.98 Å². The van der Waals surface area contributed by atoms with Crippen molar-refractivity contribution in [3.8, 4) is 0 Å². The highest BCUT2D eigenvalue weighted by molar-refractivity contribution is 7.10. The van der Waals surface area contributed by atoms with Crippen molar-refractivity contribution in [3.05, 3.63) is 81.8 Å². The van der Waals surface area contributed by atoms with E-state index in [0.717, 1.165) is 5.82 Å². The Kier molecular flexibility index (Phi) is 3.82. The van der Waals surface area contributed by atoms with Gasteiger partial charge in [-0.05, 0) is 43.0 Å². The molecule has 0 aliphatic rings. The zero-order valence-corrected chi connectivity index (χ0v) is 14.6. The summed E-state index contributed by atoms with van der Waals surface area (Å²) < 4.78 is 0. The third-order valence-corrected chi connectivity index (χ3v) is 5.25. The highest BCUT2D eigenvalue weighted by atomic mass is 32.1. The number of aryl methyl sites for hydroxylation is 2. The Morgan fingerprint density at radius 2 is 1.96 bits per heavy atom. The molecule has 1 atom stereocenters. The first-order valence-electron chi connectivity index (χ1n) is 8.08. The van der Waals surface area contributed by atoms with Crippen LogP contribution in [0, 0.1) is 13.8 Å². The minimum atomic E-state index is 0.110. The molecule has 3 heterocycles. The zero-order valence-electron chi connectivity index (χ0n) is 13.8. The number of hydrogen-bond acceptors (Lipinski definition) is 2. The molecule has 0 saturated carbocycles. The molecule has 3 aromatic heterocycles. The van der Waals surface area contributed by atoms with E-state index in [9.17, 15) is 0 Å². The molecule has 0 fully saturated rings. The Hall–Kier alpha value is -2.59. The van der Waals surface area contributed by atoms with Crippen LogP contribution in [0.15, 0.2) is 60.1 Å². The number of rotatable bonds is 4. The van der Waals surface area contributed by atoms with Gasteiger partial charge in [0.15, 0.2) is 6.04 Å². The molecule has 24 heavy (non-hydrogen) atoms. The van der Waals surface area contributed by atoms with E-state index in [0.29, 0.717) is 0 Å². The van der Waals surface area contributed by atoms with Crippen LogP contribution in [-0.2, 0) is 0 Å². The maximum atomic E-state index is 3.69. The lowest BCUT2D eigenvalue weighted by atomic mass is 10.0. The number of pyridine rings is 1. The first kappa shape index (κ1) is 15.0. The molecule has 0 radical (unpaired) electrons. The molecule has 3 N–H and O–H groups in total. The number of fused-ring (bicyclic) bond motifs is 1. The van der Waals surface area contributed by atoms with E-state index in [4.69, 9.17) is 0 Å². The molecule has 4 aromatic rings. The van der Waals surface area contributed by atoms with E-state index in [1.54, 1.807) is 11.3 Å². The van der Waals surface area contributed by atoms with Crippen molar-refractivity contribution in [3.63, 3.8) is 0 Å². The molecule has 1 aromatic carbocycles. The summed E-state index contributed by atoms with van der Waals surface area (Å²) in [6.07, 6.45) is 1.98. The van der Waals surface area contributed by atoms with Crippen LogP contribution in [0.5, 0.6) is 0 Å². The number of aromatic amines is 2. The Morgan fingerprint density at radius 3 is 2.75 bits per heavy atom. The van der Waals surface area contributed by atoms with Gasteiger partial charge in [0.25, 0.3) is 5.82 Å². The monoisotopic (exact) mass is 334 g/mol. The van der Waals surface area contributed by atoms with Crippen LogP contribution in [0.3, 0.4) is 0 Å². The average Bonchev–Trinajstić information content (AvgIpc) is 3.20. The number of benzene rings is 1. The van der Waals surface area contributed by atoms with Crippen molar-refractivity contribution < 1.29 is 4.98 Å². The van der Waals surface area contributed by atoms with E-state index in [2.05, 4.69) is 83.0 Å². The number of thiophene rings is 1. The average molecular weight is 334 g/mol. The van der Waals surface area contributed by atoms with Crippen LogP contribution >= 0.6 is 11.3 Å². The van der Waals surface area contributed by atoms with Crippen LogP contribution < -0.4 is 10.3 Å². The van der Waals surface area contributed by atoms with E-state index < -0.39 is 0 Å². The lowest BCUT2D eigenvalue weighted by molar-refractivity contribution is -0.361. The smallest absolute Gasteiger partial charge is 0.273 e. The Balaban J connectivity index is 1.85. The molecule has 0 aliphatic carbocycles. The maximum Gasteiger partial charge on any atom is 0.273 e. The van der Waals surface area contributed by atoms with Crippen LogP contribution in [-0.4, -0.2) is 4.98 Å². The normalized spacial score (nSPS) is 12.4. The molecular weight excluding hydrogens is 314 g/mol. The quantitative estimate of drug-likeness (QED) is 0.550. The highest BCUT2D eigenvalue weighted by Crippen LogP contribution is 2.35. The van der Waals surface area contributed by atoms with Crippen molar-refractivity contribution in [2.24, 2.45) is 0 Å². The Labute approximate surface area is 145 Å². The molecule has 0 amide bonds.